The minimum atomic E-state index is -0.905. The number of hydrogen-bond acceptors (Lipinski definition) is 4. The lowest BCUT2D eigenvalue weighted by molar-refractivity contribution is -0.148. The molecule has 2 aromatic carbocycles. The molecular formula is C20H21NO4. The lowest BCUT2D eigenvalue weighted by atomic mass is 10.1. The maximum Gasteiger partial charge on any atom is 0.331 e. The number of benzene rings is 2. The molecule has 0 heterocycles. The Hall–Kier alpha value is -3.08. The topological polar surface area (TPSA) is 64.6 Å². The van der Waals surface area contributed by atoms with Crippen LogP contribution in [0.5, 0.6) is 5.75 Å². The summed E-state index contributed by atoms with van der Waals surface area (Å²) in [7, 11) is 1.57. The van der Waals surface area contributed by atoms with Crippen LogP contribution in [0.3, 0.4) is 0 Å². The number of rotatable bonds is 6. The average Bonchev–Trinajstić information content (AvgIpc) is 2.61. The molecule has 5 heteroatoms. The minimum absolute atomic E-state index is 0.401. The molecule has 2 aromatic rings. The first-order chi connectivity index (χ1) is 12.0. The number of carbonyl (C=O) groups is 2. The van der Waals surface area contributed by atoms with Gasteiger partial charge in [0.05, 0.1) is 7.11 Å². The first kappa shape index (κ1) is 18.3. The van der Waals surface area contributed by atoms with E-state index >= 15 is 0 Å². The van der Waals surface area contributed by atoms with Crippen molar-refractivity contribution < 1.29 is 19.1 Å². The molecule has 0 saturated heterocycles. The van der Waals surface area contributed by atoms with E-state index in [-0.39, 0.29) is 0 Å². The van der Waals surface area contributed by atoms with Crippen molar-refractivity contribution in [2.24, 2.45) is 0 Å². The van der Waals surface area contributed by atoms with Gasteiger partial charge in [0, 0.05) is 11.8 Å². The molecule has 0 aliphatic heterocycles. The van der Waals surface area contributed by atoms with Crippen LogP contribution in [0.2, 0.25) is 0 Å². The number of ether oxygens (including phenoxy) is 2. The maximum atomic E-state index is 12.1. The quantitative estimate of drug-likeness (QED) is 0.645. The third-order valence-electron chi connectivity index (χ3n) is 3.51. The Morgan fingerprint density at radius 2 is 1.68 bits per heavy atom. The first-order valence-electron chi connectivity index (χ1n) is 7.88. The standard InChI is InChI=1S/C20H21NO4/c1-14-4-6-16(7-5-14)8-13-19(22)25-15(2)20(23)21-17-9-11-18(24-3)12-10-17/h4-13,15H,1-3H3,(H,21,23). The highest BCUT2D eigenvalue weighted by atomic mass is 16.5. The van der Waals surface area contributed by atoms with Crippen molar-refractivity contribution in [3.63, 3.8) is 0 Å². The zero-order valence-corrected chi connectivity index (χ0v) is 14.5. The van der Waals surface area contributed by atoms with Gasteiger partial charge in [-0.15, -0.1) is 0 Å². The zero-order valence-electron chi connectivity index (χ0n) is 14.5. The van der Waals surface area contributed by atoms with E-state index in [1.807, 2.05) is 31.2 Å². The second-order valence-corrected chi connectivity index (χ2v) is 5.54. The smallest absolute Gasteiger partial charge is 0.331 e. The molecule has 0 fully saturated rings. The van der Waals surface area contributed by atoms with Crippen molar-refractivity contribution in [3.05, 3.63) is 65.7 Å². The largest absolute Gasteiger partial charge is 0.497 e. The lowest BCUT2D eigenvalue weighted by Gasteiger charge is -2.12. The molecule has 0 aliphatic carbocycles. The highest BCUT2D eigenvalue weighted by Crippen LogP contribution is 2.15. The average molecular weight is 339 g/mol. The van der Waals surface area contributed by atoms with Gasteiger partial charge >= 0.3 is 5.97 Å². The highest BCUT2D eigenvalue weighted by molar-refractivity contribution is 5.96. The molecular weight excluding hydrogens is 318 g/mol. The second kappa shape index (κ2) is 8.68. The summed E-state index contributed by atoms with van der Waals surface area (Å²) in [6.45, 7) is 3.52. The van der Waals surface area contributed by atoms with E-state index in [1.54, 1.807) is 37.5 Å². The molecule has 5 nitrogen and oxygen atoms in total. The zero-order chi connectivity index (χ0) is 18.2. The van der Waals surface area contributed by atoms with E-state index in [9.17, 15) is 9.59 Å². The van der Waals surface area contributed by atoms with Gasteiger partial charge in [-0.25, -0.2) is 4.79 Å². The van der Waals surface area contributed by atoms with Crippen molar-refractivity contribution in [1.82, 2.24) is 0 Å². The number of nitrogens with one attached hydrogen (secondary N) is 1. The SMILES string of the molecule is COc1ccc(NC(=O)C(C)OC(=O)C=Cc2ccc(C)cc2)cc1. The molecule has 0 bridgehead atoms. The van der Waals surface area contributed by atoms with E-state index < -0.39 is 18.0 Å². The molecule has 1 atom stereocenters. The fraction of sp³-hybridized carbons (Fsp3) is 0.200. The monoisotopic (exact) mass is 339 g/mol. The van der Waals surface area contributed by atoms with Gasteiger partial charge in [0.15, 0.2) is 6.10 Å². The number of methoxy groups -OCH3 is 1. The Morgan fingerprint density at radius 1 is 1.04 bits per heavy atom. The maximum absolute atomic E-state index is 12.1. The molecule has 2 rings (SSSR count). The van der Waals surface area contributed by atoms with Gasteiger partial charge < -0.3 is 14.8 Å². The molecule has 1 unspecified atom stereocenters. The van der Waals surface area contributed by atoms with Crippen molar-refractivity contribution in [2.75, 3.05) is 12.4 Å². The summed E-state index contributed by atoms with van der Waals surface area (Å²) in [5.74, 6) is -0.279. The number of amides is 1. The highest BCUT2D eigenvalue weighted by Gasteiger charge is 2.16. The van der Waals surface area contributed by atoms with Gasteiger partial charge in [-0.2, -0.15) is 0 Å². The van der Waals surface area contributed by atoms with Crippen LogP contribution < -0.4 is 10.1 Å². The number of anilines is 1. The van der Waals surface area contributed by atoms with E-state index in [0.717, 1.165) is 11.1 Å². The Labute approximate surface area is 147 Å². The third kappa shape index (κ3) is 5.80. The van der Waals surface area contributed by atoms with Gasteiger partial charge in [-0.05, 0) is 49.8 Å². The van der Waals surface area contributed by atoms with E-state index in [1.165, 1.54) is 13.0 Å². The van der Waals surface area contributed by atoms with Crippen LogP contribution in [0.25, 0.3) is 6.08 Å². The van der Waals surface area contributed by atoms with Crippen LogP contribution in [0.1, 0.15) is 18.1 Å². The number of hydrogen-bond donors (Lipinski definition) is 1. The molecule has 0 radical (unpaired) electrons. The van der Waals surface area contributed by atoms with Gasteiger partial charge in [-0.3, -0.25) is 4.79 Å². The van der Waals surface area contributed by atoms with Gasteiger partial charge in [-0.1, -0.05) is 29.8 Å². The Kier molecular flexibility index (Phi) is 6.34. The summed E-state index contributed by atoms with van der Waals surface area (Å²) in [5.41, 5.74) is 2.63. The van der Waals surface area contributed by atoms with Crippen molar-refractivity contribution in [2.45, 2.75) is 20.0 Å². The minimum Gasteiger partial charge on any atom is -0.497 e. The number of esters is 1. The van der Waals surface area contributed by atoms with E-state index in [2.05, 4.69) is 5.32 Å². The van der Waals surface area contributed by atoms with Crippen LogP contribution in [0.4, 0.5) is 5.69 Å². The molecule has 0 aromatic heterocycles. The summed E-state index contributed by atoms with van der Waals surface area (Å²) in [6, 6.07) is 14.6. The van der Waals surface area contributed by atoms with Crippen LogP contribution in [-0.2, 0) is 14.3 Å². The van der Waals surface area contributed by atoms with Crippen molar-refractivity contribution >= 4 is 23.6 Å². The normalized spacial score (nSPS) is 11.8. The summed E-state index contributed by atoms with van der Waals surface area (Å²) < 4.78 is 10.2. The molecule has 1 amide bonds. The molecule has 0 aliphatic rings. The third-order valence-corrected chi connectivity index (χ3v) is 3.51. The van der Waals surface area contributed by atoms with Crippen molar-refractivity contribution in [3.8, 4) is 5.75 Å². The summed E-state index contributed by atoms with van der Waals surface area (Å²) >= 11 is 0. The second-order valence-electron chi connectivity index (χ2n) is 5.54. The summed E-state index contributed by atoms with van der Waals surface area (Å²) in [5, 5.41) is 2.68. The first-order valence-corrected chi connectivity index (χ1v) is 7.88. The predicted molar refractivity (Wildman–Crippen MR) is 97.4 cm³/mol. The van der Waals surface area contributed by atoms with Gasteiger partial charge in [0.25, 0.3) is 5.91 Å². The van der Waals surface area contributed by atoms with Crippen LogP contribution in [0.15, 0.2) is 54.6 Å². The van der Waals surface area contributed by atoms with Crippen LogP contribution in [-0.4, -0.2) is 25.1 Å². The predicted octanol–water partition coefficient (Wildman–Crippen LogP) is 3.59. The molecule has 25 heavy (non-hydrogen) atoms. The van der Waals surface area contributed by atoms with Gasteiger partial charge in [0.2, 0.25) is 0 Å². The number of aryl methyl sites for hydroxylation is 1. The van der Waals surface area contributed by atoms with Crippen LogP contribution >= 0.6 is 0 Å². The fourth-order valence-corrected chi connectivity index (χ4v) is 2.03. The number of carbonyl (C=O) groups excluding carboxylic acids is 2. The van der Waals surface area contributed by atoms with Gasteiger partial charge in [0.1, 0.15) is 5.75 Å². The Balaban J connectivity index is 1.86. The van der Waals surface area contributed by atoms with Crippen LogP contribution in [0, 0.1) is 6.92 Å². The van der Waals surface area contributed by atoms with E-state index in [0.29, 0.717) is 11.4 Å². The molecule has 1 N–H and O–H groups in total. The van der Waals surface area contributed by atoms with E-state index in [4.69, 9.17) is 9.47 Å². The van der Waals surface area contributed by atoms with Crippen molar-refractivity contribution in [1.29, 1.82) is 0 Å². The fourth-order valence-electron chi connectivity index (χ4n) is 2.03. The molecule has 0 spiro atoms. The summed E-state index contributed by atoms with van der Waals surface area (Å²) in [6.07, 6.45) is 2.05. The molecule has 130 valence electrons. The molecule has 0 saturated carbocycles. The lowest BCUT2D eigenvalue weighted by Crippen LogP contribution is -2.29. The Morgan fingerprint density at radius 3 is 2.28 bits per heavy atom. The summed E-state index contributed by atoms with van der Waals surface area (Å²) in [4.78, 5) is 23.9. The Bertz CT molecular complexity index is 748.